The lowest BCUT2D eigenvalue weighted by molar-refractivity contribution is 0.931. The molecule has 0 unspecified atom stereocenters. The van der Waals surface area contributed by atoms with E-state index in [0.717, 1.165) is 12.8 Å². The summed E-state index contributed by atoms with van der Waals surface area (Å²) >= 11 is 0. The fourth-order valence-electron chi connectivity index (χ4n) is 0.818. The summed E-state index contributed by atoms with van der Waals surface area (Å²) in [5.41, 5.74) is 1.89. The van der Waals surface area contributed by atoms with Crippen LogP contribution < -0.4 is 0 Å². The van der Waals surface area contributed by atoms with Gasteiger partial charge in [-0.2, -0.15) is 0 Å². The van der Waals surface area contributed by atoms with Crippen molar-refractivity contribution in [3.05, 3.63) is 11.6 Å². The van der Waals surface area contributed by atoms with Gasteiger partial charge in [0, 0.05) is 5.71 Å². The molecule has 0 saturated carbocycles. The highest BCUT2D eigenvalue weighted by Crippen LogP contribution is 2.04. The van der Waals surface area contributed by atoms with Crippen molar-refractivity contribution >= 4 is 5.71 Å². The van der Waals surface area contributed by atoms with E-state index in [1.807, 2.05) is 19.9 Å². The number of allylic oxidation sites excluding steroid dienone is 2. The Balaban J connectivity index is 3.85. The summed E-state index contributed by atoms with van der Waals surface area (Å²) in [6, 6.07) is 0. The molecule has 0 aliphatic carbocycles. The highest BCUT2D eigenvalue weighted by Gasteiger charge is 1.94. The monoisotopic (exact) mass is 125 g/mol. The minimum Gasteiger partial charge on any atom is -0.305 e. The van der Waals surface area contributed by atoms with E-state index >= 15 is 0 Å². The lowest BCUT2D eigenvalue weighted by Crippen LogP contribution is -1.93. The topological polar surface area (TPSA) is 23.9 Å². The molecule has 0 atom stereocenters. The molecule has 0 aromatic carbocycles. The zero-order valence-electron chi connectivity index (χ0n) is 6.49. The summed E-state index contributed by atoms with van der Waals surface area (Å²) in [4.78, 5) is 0. The molecule has 0 spiro atoms. The third-order valence-electron chi connectivity index (χ3n) is 1.35. The first-order valence-electron chi connectivity index (χ1n) is 3.43. The lowest BCUT2D eigenvalue weighted by Gasteiger charge is -1.99. The number of hydrogen-bond acceptors (Lipinski definition) is 1. The van der Waals surface area contributed by atoms with Crippen LogP contribution in [0, 0.1) is 5.41 Å². The maximum Gasteiger partial charge on any atom is 0.0311 e. The second-order valence-corrected chi connectivity index (χ2v) is 2.19. The van der Waals surface area contributed by atoms with Gasteiger partial charge < -0.3 is 5.41 Å². The van der Waals surface area contributed by atoms with Gasteiger partial charge in [0.2, 0.25) is 0 Å². The summed E-state index contributed by atoms with van der Waals surface area (Å²) in [6.07, 6.45) is 4.20. The Bertz CT molecular complexity index is 123. The lowest BCUT2D eigenvalue weighted by atomic mass is 10.1. The molecular formula is C8H15N. The normalized spacial score (nSPS) is 11.7. The second-order valence-electron chi connectivity index (χ2n) is 2.19. The number of hydrogen-bond donors (Lipinski definition) is 1. The van der Waals surface area contributed by atoms with Gasteiger partial charge in [-0.25, -0.2) is 0 Å². The van der Waals surface area contributed by atoms with Gasteiger partial charge in [0.05, 0.1) is 0 Å². The SMILES string of the molecule is CC=C(CCC)C(C)=N. The Morgan fingerprint density at radius 3 is 2.22 bits per heavy atom. The maximum atomic E-state index is 7.29. The molecular weight excluding hydrogens is 110 g/mol. The zero-order chi connectivity index (χ0) is 7.28. The predicted octanol–water partition coefficient (Wildman–Crippen LogP) is 2.77. The first kappa shape index (κ1) is 8.41. The van der Waals surface area contributed by atoms with E-state index in [4.69, 9.17) is 5.41 Å². The van der Waals surface area contributed by atoms with E-state index in [1.165, 1.54) is 5.57 Å². The predicted molar refractivity (Wildman–Crippen MR) is 42.1 cm³/mol. The van der Waals surface area contributed by atoms with Crippen molar-refractivity contribution in [1.82, 2.24) is 0 Å². The summed E-state index contributed by atoms with van der Waals surface area (Å²) < 4.78 is 0. The number of rotatable bonds is 3. The van der Waals surface area contributed by atoms with E-state index < -0.39 is 0 Å². The fourth-order valence-corrected chi connectivity index (χ4v) is 0.818. The van der Waals surface area contributed by atoms with E-state index in [9.17, 15) is 0 Å². The van der Waals surface area contributed by atoms with Crippen LogP contribution >= 0.6 is 0 Å². The minimum absolute atomic E-state index is 0.708. The van der Waals surface area contributed by atoms with Crippen LogP contribution in [0.4, 0.5) is 0 Å². The molecule has 1 nitrogen and oxygen atoms in total. The van der Waals surface area contributed by atoms with E-state index in [2.05, 4.69) is 6.92 Å². The maximum absolute atomic E-state index is 7.29. The van der Waals surface area contributed by atoms with Gasteiger partial charge in [-0.1, -0.05) is 19.4 Å². The van der Waals surface area contributed by atoms with Crippen LogP contribution in [0.25, 0.3) is 0 Å². The van der Waals surface area contributed by atoms with Gasteiger partial charge in [-0.3, -0.25) is 0 Å². The molecule has 0 amide bonds. The third kappa shape index (κ3) is 3.07. The van der Waals surface area contributed by atoms with Crippen LogP contribution in [-0.4, -0.2) is 5.71 Å². The third-order valence-corrected chi connectivity index (χ3v) is 1.35. The zero-order valence-corrected chi connectivity index (χ0v) is 6.49. The van der Waals surface area contributed by atoms with Crippen LogP contribution in [-0.2, 0) is 0 Å². The minimum atomic E-state index is 0.708. The molecule has 0 rings (SSSR count). The van der Waals surface area contributed by atoms with Crippen molar-refractivity contribution < 1.29 is 0 Å². The fraction of sp³-hybridized carbons (Fsp3) is 0.625. The average Bonchev–Trinajstić information content (AvgIpc) is 1.82. The van der Waals surface area contributed by atoms with Gasteiger partial charge in [0.25, 0.3) is 0 Å². The van der Waals surface area contributed by atoms with Crippen molar-refractivity contribution in [3.8, 4) is 0 Å². The van der Waals surface area contributed by atoms with Crippen molar-refractivity contribution in [2.75, 3.05) is 0 Å². The van der Waals surface area contributed by atoms with Gasteiger partial charge in [0.15, 0.2) is 0 Å². The molecule has 0 fully saturated rings. The largest absolute Gasteiger partial charge is 0.305 e. The smallest absolute Gasteiger partial charge is 0.0311 e. The Morgan fingerprint density at radius 1 is 1.56 bits per heavy atom. The summed E-state index contributed by atoms with van der Waals surface area (Å²) in [5, 5.41) is 7.29. The molecule has 0 heterocycles. The Morgan fingerprint density at radius 2 is 2.11 bits per heavy atom. The molecule has 0 saturated heterocycles. The molecule has 0 bridgehead atoms. The van der Waals surface area contributed by atoms with Crippen molar-refractivity contribution in [2.24, 2.45) is 0 Å². The Hall–Kier alpha value is -0.590. The summed E-state index contributed by atoms with van der Waals surface area (Å²) in [6.45, 7) is 5.96. The Kier molecular flexibility index (Phi) is 4.02. The standard InChI is InChI=1S/C8H15N/c1-4-6-8(5-2)7(3)9/h5,9H,4,6H2,1-3H3. The van der Waals surface area contributed by atoms with Crippen molar-refractivity contribution in [2.45, 2.75) is 33.6 Å². The summed E-state index contributed by atoms with van der Waals surface area (Å²) in [5.74, 6) is 0. The Labute approximate surface area is 57.3 Å². The number of nitrogens with one attached hydrogen (secondary N) is 1. The molecule has 1 heteroatoms. The van der Waals surface area contributed by atoms with Crippen LogP contribution in [0.3, 0.4) is 0 Å². The average molecular weight is 125 g/mol. The van der Waals surface area contributed by atoms with Crippen molar-refractivity contribution in [3.63, 3.8) is 0 Å². The first-order valence-corrected chi connectivity index (χ1v) is 3.43. The van der Waals surface area contributed by atoms with Gasteiger partial charge in [-0.15, -0.1) is 0 Å². The molecule has 0 aliphatic rings. The van der Waals surface area contributed by atoms with E-state index in [-0.39, 0.29) is 0 Å². The second kappa shape index (κ2) is 4.30. The highest BCUT2D eigenvalue weighted by atomic mass is 14.4. The highest BCUT2D eigenvalue weighted by molar-refractivity contribution is 5.95. The van der Waals surface area contributed by atoms with Crippen LogP contribution in [0.15, 0.2) is 11.6 Å². The van der Waals surface area contributed by atoms with Gasteiger partial charge >= 0.3 is 0 Å². The first-order chi connectivity index (χ1) is 4.22. The molecule has 9 heavy (non-hydrogen) atoms. The van der Waals surface area contributed by atoms with Crippen LogP contribution in [0.1, 0.15) is 33.6 Å². The quantitative estimate of drug-likeness (QED) is 0.561. The molecule has 52 valence electrons. The summed E-state index contributed by atoms with van der Waals surface area (Å²) in [7, 11) is 0. The van der Waals surface area contributed by atoms with Crippen LogP contribution in [0.5, 0.6) is 0 Å². The molecule has 0 aliphatic heterocycles. The van der Waals surface area contributed by atoms with E-state index in [1.54, 1.807) is 0 Å². The van der Waals surface area contributed by atoms with Crippen LogP contribution in [0.2, 0.25) is 0 Å². The van der Waals surface area contributed by atoms with Gasteiger partial charge in [0.1, 0.15) is 0 Å². The van der Waals surface area contributed by atoms with Gasteiger partial charge in [-0.05, 0) is 25.8 Å². The molecule has 0 aromatic rings. The van der Waals surface area contributed by atoms with Crippen molar-refractivity contribution in [1.29, 1.82) is 5.41 Å². The van der Waals surface area contributed by atoms with E-state index in [0.29, 0.717) is 5.71 Å². The molecule has 1 N–H and O–H groups in total. The molecule has 0 aromatic heterocycles. The molecule has 0 radical (unpaired) electrons.